The smallest absolute Gasteiger partial charge is 0.0951 e. The van der Waals surface area contributed by atoms with Crippen molar-refractivity contribution in [2.24, 2.45) is 0 Å². The molecule has 4 nitrogen and oxygen atoms in total. The summed E-state index contributed by atoms with van der Waals surface area (Å²) in [5.41, 5.74) is 0.0365. The Morgan fingerprint density at radius 3 is 2.79 bits per heavy atom. The molecular formula is C15H30N2O2. The Morgan fingerprint density at radius 1 is 1.26 bits per heavy atom. The lowest BCUT2D eigenvalue weighted by Crippen LogP contribution is -2.47. The Kier molecular flexibility index (Phi) is 6.07. The third kappa shape index (κ3) is 4.42. The van der Waals surface area contributed by atoms with Crippen molar-refractivity contribution in [2.45, 2.75) is 51.2 Å². The van der Waals surface area contributed by atoms with Gasteiger partial charge in [0.2, 0.25) is 0 Å². The molecule has 0 saturated carbocycles. The van der Waals surface area contributed by atoms with E-state index in [1.807, 2.05) is 0 Å². The molecule has 0 amide bonds. The number of hydrogen-bond acceptors (Lipinski definition) is 4. The van der Waals surface area contributed by atoms with Crippen LogP contribution in [0.25, 0.3) is 0 Å². The Hall–Kier alpha value is -0.160. The van der Waals surface area contributed by atoms with E-state index in [1.165, 1.54) is 13.0 Å². The summed E-state index contributed by atoms with van der Waals surface area (Å²) in [5, 5.41) is 3.71. The molecule has 4 heteroatoms. The van der Waals surface area contributed by atoms with Gasteiger partial charge in [0, 0.05) is 25.7 Å². The molecule has 0 aromatic heterocycles. The summed E-state index contributed by atoms with van der Waals surface area (Å²) >= 11 is 0. The molecule has 0 radical (unpaired) electrons. The van der Waals surface area contributed by atoms with E-state index in [0.717, 1.165) is 58.7 Å². The molecule has 0 aromatic rings. The summed E-state index contributed by atoms with van der Waals surface area (Å²) in [5.74, 6) is 0. The molecule has 0 aromatic carbocycles. The highest BCUT2D eigenvalue weighted by atomic mass is 16.6. The Balaban J connectivity index is 1.63. The summed E-state index contributed by atoms with van der Waals surface area (Å²) in [6.07, 6.45) is 4.58. The standard InChI is InChI=1S/C15H30N2O2/c1-3-17(4-2)9-5-8-16-14-6-10-19-15(12-14)7-11-18-13-15/h14,16H,3-13H2,1-2H3. The molecular weight excluding hydrogens is 240 g/mol. The average molecular weight is 270 g/mol. The van der Waals surface area contributed by atoms with E-state index < -0.39 is 0 Å². The number of rotatable bonds is 7. The fraction of sp³-hybridized carbons (Fsp3) is 1.00. The van der Waals surface area contributed by atoms with E-state index in [-0.39, 0.29) is 5.60 Å². The zero-order valence-electron chi connectivity index (χ0n) is 12.6. The molecule has 112 valence electrons. The molecule has 2 fully saturated rings. The van der Waals surface area contributed by atoms with E-state index >= 15 is 0 Å². The van der Waals surface area contributed by atoms with Gasteiger partial charge < -0.3 is 19.7 Å². The van der Waals surface area contributed by atoms with Crippen molar-refractivity contribution in [3.05, 3.63) is 0 Å². The summed E-state index contributed by atoms with van der Waals surface area (Å²) < 4.78 is 11.5. The van der Waals surface area contributed by atoms with E-state index in [0.29, 0.717) is 6.04 Å². The molecule has 2 atom stereocenters. The molecule has 2 rings (SSSR count). The summed E-state index contributed by atoms with van der Waals surface area (Å²) in [6, 6.07) is 0.618. The topological polar surface area (TPSA) is 33.7 Å². The van der Waals surface area contributed by atoms with Gasteiger partial charge in [0.25, 0.3) is 0 Å². The van der Waals surface area contributed by atoms with Gasteiger partial charge in [0.1, 0.15) is 0 Å². The maximum absolute atomic E-state index is 5.96. The third-order valence-electron chi connectivity index (χ3n) is 4.54. The highest BCUT2D eigenvalue weighted by Crippen LogP contribution is 2.32. The first-order valence-electron chi connectivity index (χ1n) is 7.95. The minimum atomic E-state index is 0.0365. The van der Waals surface area contributed by atoms with Gasteiger partial charge in [-0.05, 0) is 45.4 Å². The molecule has 0 bridgehead atoms. The van der Waals surface area contributed by atoms with Crippen molar-refractivity contribution in [3.8, 4) is 0 Å². The molecule has 2 aliphatic rings. The molecule has 1 N–H and O–H groups in total. The first-order chi connectivity index (χ1) is 9.28. The largest absolute Gasteiger partial charge is 0.378 e. The van der Waals surface area contributed by atoms with Crippen LogP contribution in [0.15, 0.2) is 0 Å². The van der Waals surface area contributed by atoms with Crippen LogP contribution in [0.2, 0.25) is 0 Å². The van der Waals surface area contributed by atoms with Gasteiger partial charge in [-0.25, -0.2) is 0 Å². The zero-order valence-corrected chi connectivity index (χ0v) is 12.6. The third-order valence-corrected chi connectivity index (χ3v) is 4.54. The monoisotopic (exact) mass is 270 g/mol. The van der Waals surface area contributed by atoms with E-state index in [1.54, 1.807) is 0 Å². The van der Waals surface area contributed by atoms with Crippen LogP contribution < -0.4 is 5.32 Å². The van der Waals surface area contributed by atoms with Gasteiger partial charge >= 0.3 is 0 Å². The Morgan fingerprint density at radius 2 is 2.11 bits per heavy atom. The van der Waals surface area contributed by atoms with Crippen molar-refractivity contribution >= 4 is 0 Å². The Labute approximate surface area is 117 Å². The SMILES string of the molecule is CCN(CC)CCCNC1CCOC2(CCOC2)C1. The minimum Gasteiger partial charge on any atom is -0.378 e. The summed E-state index contributed by atoms with van der Waals surface area (Å²) in [4.78, 5) is 2.48. The molecule has 0 aliphatic carbocycles. The van der Waals surface area contributed by atoms with E-state index in [2.05, 4.69) is 24.1 Å². The fourth-order valence-electron chi connectivity index (χ4n) is 3.21. The maximum Gasteiger partial charge on any atom is 0.0951 e. The minimum absolute atomic E-state index is 0.0365. The predicted molar refractivity (Wildman–Crippen MR) is 77.5 cm³/mol. The first kappa shape index (κ1) is 15.2. The lowest BCUT2D eigenvalue weighted by atomic mass is 9.89. The van der Waals surface area contributed by atoms with Crippen LogP contribution in [0.5, 0.6) is 0 Å². The van der Waals surface area contributed by atoms with Crippen LogP contribution in [-0.4, -0.2) is 62.5 Å². The quantitative estimate of drug-likeness (QED) is 0.713. The second-order valence-corrected chi connectivity index (χ2v) is 5.86. The molecule has 1 spiro atoms. The highest BCUT2D eigenvalue weighted by molar-refractivity contribution is 4.92. The van der Waals surface area contributed by atoms with E-state index in [9.17, 15) is 0 Å². The van der Waals surface area contributed by atoms with Gasteiger partial charge in [-0.3, -0.25) is 0 Å². The van der Waals surface area contributed by atoms with Gasteiger partial charge in [0.05, 0.1) is 12.2 Å². The second kappa shape index (κ2) is 7.58. The van der Waals surface area contributed by atoms with Gasteiger partial charge in [0.15, 0.2) is 0 Å². The second-order valence-electron chi connectivity index (χ2n) is 5.86. The van der Waals surface area contributed by atoms with E-state index in [4.69, 9.17) is 9.47 Å². The number of nitrogens with zero attached hydrogens (tertiary/aromatic N) is 1. The van der Waals surface area contributed by atoms with Crippen molar-refractivity contribution in [3.63, 3.8) is 0 Å². The molecule has 2 unspecified atom stereocenters. The number of nitrogens with one attached hydrogen (secondary N) is 1. The van der Waals surface area contributed by atoms with Crippen LogP contribution >= 0.6 is 0 Å². The van der Waals surface area contributed by atoms with Crippen LogP contribution in [0.3, 0.4) is 0 Å². The molecule has 2 saturated heterocycles. The average Bonchev–Trinajstić information content (AvgIpc) is 2.87. The van der Waals surface area contributed by atoms with Gasteiger partial charge in [-0.15, -0.1) is 0 Å². The predicted octanol–water partition coefficient (Wildman–Crippen LogP) is 1.65. The molecule has 2 aliphatic heterocycles. The number of hydrogen-bond donors (Lipinski definition) is 1. The zero-order chi connectivity index (χ0) is 13.6. The summed E-state index contributed by atoms with van der Waals surface area (Å²) in [7, 11) is 0. The lowest BCUT2D eigenvalue weighted by molar-refractivity contribution is -0.0892. The highest BCUT2D eigenvalue weighted by Gasteiger charge is 2.40. The number of ether oxygens (including phenoxy) is 2. The normalized spacial score (nSPS) is 31.4. The van der Waals surface area contributed by atoms with Crippen molar-refractivity contribution in [2.75, 3.05) is 46.0 Å². The van der Waals surface area contributed by atoms with Gasteiger partial charge in [-0.2, -0.15) is 0 Å². The van der Waals surface area contributed by atoms with Crippen LogP contribution in [0.4, 0.5) is 0 Å². The lowest BCUT2D eigenvalue weighted by Gasteiger charge is -2.37. The van der Waals surface area contributed by atoms with Crippen LogP contribution in [0, 0.1) is 0 Å². The van der Waals surface area contributed by atoms with Crippen molar-refractivity contribution < 1.29 is 9.47 Å². The fourth-order valence-corrected chi connectivity index (χ4v) is 3.21. The maximum atomic E-state index is 5.96. The Bertz CT molecular complexity index is 251. The van der Waals surface area contributed by atoms with Crippen LogP contribution in [-0.2, 0) is 9.47 Å². The van der Waals surface area contributed by atoms with Gasteiger partial charge in [-0.1, -0.05) is 13.8 Å². The molecule has 2 heterocycles. The molecule has 19 heavy (non-hydrogen) atoms. The van der Waals surface area contributed by atoms with Crippen molar-refractivity contribution in [1.29, 1.82) is 0 Å². The summed E-state index contributed by atoms with van der Waals surface area (Å²) in [6.45, 7) is 11.7. The van der Waals surface area contributed by atoms with Crippen molar-refractivity contribution in [1.82, 2.24) is 10.2 Å². The van der Waals surface area contributed by atoms with Crippen LogP contribution in [0.1, 0.15) is 39.5 Å². The first-order valence-corrected chi connectivity index (χ1v) is 7.95.